The second-order valence-electron chi connectivity index (χ2n) is 4.94. The second kappa shape index (κ2) is 9.32. The number of hydrogen-bond donors (Lipinski definition) is 2. The lowest BCUT2D eigenvalue weighted by Gasteiger charge is -2.21. The zero-order valence-corrected chi connectivity index (χ0v) is 11.7. The minimum Gasteiger partial charge on any atom is -0.314 e. The van der Waals surface area contributed by atoms with E-state index in [0.717, 1.165) is 6.04 Å². The molecule has 0 aromatic carbocycles. The normalized spacial score (nSPS) is 24.0. The van der Waals surface area contributed by atoms with Crippen LogP contribution in [0.4, 0.5) is 0 Å². The molecule has 2 nitrogen and oxygen atoms in total. The van der Waals surface area contributed by atoms with Gasteiger partial charge in [-0.25, -0.2) is 0 Å². The van der Waals surface area contributed by atoms with Crippen LogP contribution in [0.2, 0.25) is 0 Å². The minimum absolute atomic E-state index is 0.664. The fraction of sp³-hybridized carbons (Fsp3) is 1.00. The van der Waals surface area contributed by atoms with Gasteiger partial charge in [-0.1, -0.05) is 12.8 Å². The quantitative estimate of drug-likeness (QED) is 0.673. The highest BCUT2D eigenvalue weighted by atomic mass is 32.2. The minimum atomic E-state index is 0.664. The molecule has 2 unspecified atom stereocenters. The first-order valence-electron chi connectivity index (χ1n) is 6.78. The number of rotatable bonds is 7. The van der Waals surface area contributed by atoms with Crippen LogP contribution in [0, 0.1) is 0 Å². The summed E-state index contributed by atoms with van der Waals surface area (Å²) in [6, 6.07) is 1.42. The van der Waals surface area contributed by atoms with Crippen LogP contribution in [-0.2, 0) is 0 Å². The van der Waals surface area contributed by atoms with Crippen molar-refractivity contribution in [3.63, 3.8) is 0 Å². The smallest absolute Gasteiger partial charge is 0.00817 e. The van der Waals surface area contributed by atoms with Gasteiger partial charge in [0.15, 0.2) is 0 Å². The van der Waals surface area contributed by atoms with Crippen LogP contribution >= 0.6 is 11.8 Å². The SMILES string of the molecule is CSCCCNC(C)CC1CCCCCN1. The van der Waals surface area contributed by atoms with Crippen molar-refractivity contribution in [1.29, 1.82) is 0 Å². The Bertz CT molecular complexity index is 156. The molecule has 0 amide bonds. The van der Waals surface area contributed by atoms with E-state index in [1.54, 1.807) is 0 Å². The first kappa shape index (κ1) is 14.3. The molecule has 0 saturated carbocycles. The van der Waals surface area contributed by atoms with Crippen LogP contribution in [0.15, 0.2) is 0 Å². The van der Waals surface area contributed by atoms with E-state index in [0.29, 0.717) is 6.04 Å². The summed E-state index contributed by atoms with van der Waals surface area (Å²) in [4.78, 5) is 0. The molecule has 0 spiro atoms. The van der Waals surface area contributed by atoms with E-state index in [1.807, 2.05) is 11.8 Å². The largest absolute Gasteiger partial charge is 0.314 e. The van der Waals surface area contributed by atoms with Gasteiger partial charge in [0.1, 0.15) is 0 Å². The summed E-state index contributed by atoms with van der Waals surface area (Å²) in [6.07, 6.45) is 10.3. The third kappa shape index (κ3) is 6.77. The summed E-state index contributed by atoms with van der Waals surface area (Å²) in [5.74, 6) is 1.28. The van der Waals surface area contributed by atoms with Gasteiger partial charge in [-0.3, -0.25) is 0 Å². The topological polar surface area (TPSA) is 24.1 Å². The van der Waals surface area contributed by atoms with Gasteiger partial charge < -0.3 is 10.6 Å². The van der Waals surface area contributed by atoms with Crippen LogP contribution < -0.4 is 10.6 Å². The fourth-order valence-corrected chi connectivity index (χ4v) is 2.81. The van der Waals surface area contributed by atoms with E-state index >= 15 is 0 Å². The van der Waals surface area contributed by atoms with E-state index in [9.17, 15) is 0 Å². The Labute approximate surface area is 105 Å². The maximum absolute atomic E-state index is 3.67. The van der Waals surface area contributed by atoms with Crippen molar-refractivity contribution < 1.29 is 0 Å². The molecule has 1 heterocycles. The fourth-order valence-electron chi connectivity index (χ4n) is 2.38. The lowest BCUT2D eigenvalue weighted by Crippen LogP contribution is -2.37. The number of thioether (sulfide) groups is 1. The zero-order valence-electron chi connectivity index (χ0n) is 10.9. The van der Waals surface area contributed by atoms with Crippen LogP contribution in [0.25, 0.3) is 0 Å². The van der Waals surface area contributed by atoms with Crippen LogP contribution in [0.1, 0.15) is 45.4 Å². The molecule has 0 radical (unpaired) electrons. The van der Waals surface area contributed by atoms with E-state index in [4.69, 9.17) is 0 Å². The lowest BCUT2D eigenvalue weighted by molar-refractivity contribution is 0.404. The van der Waals surface area contributed by atoms with Gasteiger partial charge in [-0.15, -0.1) is 0 Å². The standard InChI is InChI=1S/C13H28N2S/c1-12(14-9-6-10-16-2)11-13-7-4-3-5-8-15-13/h12-15H,3-11H2,1-2H3. The second-order valence-corrected chi connectivity index (χ2v) is 5.92. The molecule has 0 aliphatic carbocycles. The molecule has 1 aliphatic heterocycles. The molecular weight excluding hydrogens is 216 g/mol. The average molecular weight is 244 g/mol. The highest BCUT2D eigenvalue weighted by Crippen LogP contribution is 2.12. The molecule has 16 heavy (non-hydrogen) atoms. The number of hydrogen-bond acceptors (Lipinski definition) is 3. The summed E-state index contributed by atoms with van der Waals surface area (Å²) in [6.45, 7) is 4.73. The molecular formula is C13H28N2S. The molecule has 96 valence electrons. The van der Waals surface area contributed by atoms with Gasteiger partial charge in [0.25, 0.3) is 0 Å². The molecule has 0 aromatic rings. The van der Waals surface area contributed by atoms with Gasteiger partial charge >= 0.3 is 0 Å². The van der Waals surface area contributed by atoms with Crippen LogP contribution in [-0.4, -0.2) is 37.2 Å². The molecule has 2 N–H and O–H groups in total. The monoisotopic (exact) mass is 244 g/mol. The Balaban J connectivity index is 2.04. The Morgan fingerprint density at radius 1 is 1.38 bits per heavy atom. The average Bonchev–Trinajstić information content (AvgIpc) is 2.53. The Morgan fingerprint density at radius 2 is 2.25 bits per heavy atom. The van der Waals surface area contributed by atoms with Crippen molar-refractivity contribution in [2.24, 2.45) is 0 Å². The summed E-state index contributed by atoms with van der Waals surface area (Å²) in [7, 11) is 0. The summed E-state index contributed by atoms with van der Waals surface area (Å²) < 4.78 is 0. The summed E-state index contributed by atoms with van der Waals surface area (Å²) in [5, 5.41) is 7.30. The third-order valence-electron chi connectivity index (χ3n) is 3.32. The molecule has 2 atom stereocenters. The highest BCUT2D eigenvalue weighted by Gasteiger charge is 2.14. The molecule has 1 rings (SSSR count). The Kier molecular flexibility index (Phi) is 8.34. The van der Waals surface area contributed by atoms with E-state index in [2.05, 4.69) is 23.8 Å². The van der Waals surface area contributed by atoms with Crippen molar-refractivity contribution in [3.8, 4) is 0 Å². The molecule has 3 heteroatoms. The van der Waals surface area contributed by atoms with Gasteiger partial charge in [0.05, 0.1) is 0 Å². The van der Waals surface area contributed by atoms with Crippen LogP contribution in [0.3, 0.4) is 0 Å². The van der Waals surface area contributed by atoms with Crippen molar-refractivity contribution in [2.75, 3.05) is 25.1 Å². The predicted molar refractivity (Wildman–Crippen MR) is 75.3 cm³/mol. The van der Waals surface area contributed by atoms with Crippen molar-refractivity contribution >= 4 is 11.8 Å². The van der Waals surface area contributed by atoms with Gasteiger partial charge in [0.2, 0.25) is 0 Å². The summed E-state index contributed by atoms with van der Waals surface area (Å²) >= 11 is 1.94. The molecule has 0 aromatic heterocycles. The van der Waals surface area contributed by atoms with Gasteiger partial charge in [0, 0.05) is 12.1 Å². The zero-order chi connectivity index (χ0) is 11.6. The molecule has 1 saturated heterocycles. The maximum Gasteiger partial charge on any atom is 0.00817 e. The Morgan fingerprint density at radius 3 is 3.06 bits per heavy atom. The number of nitrogens with one attached hydrogen (secondary N) is 2. The Hall–Kier alpha value is 0.270. The lowest BCUT2D eigenvalue weighted by atomic mass is 10.0. The predicted octanol–water partition coefficient (Wildman–Crippen LogP) is 2.64. The third-order valence-corrected chi connectivity index (χ3v) is 4.02. The van der Waals surface area contributed by atoms with E-state index in [-0.39, 0.29) is 0 Å². The van der Waals surface area contributed by atoms with Crippen LogP contribution in [0.5, 0.6) is 0 Å². The van der Waals surface area contributed by atoms with E-state index < -0.39 is 0 Å². The maximum atomic E-state index is 3.67. The highest BCUT2D eigenvalue weighted by molar-refractivity contribution is 7.98. The first-order valence-corrected chi connectivity index (χ1v) is 8.18. The van der Waals surface area contributed by atoms with E-state index in [1.165, 1.54) is 57.4 Å². The molecule has 1 fully saturated rings. The summed E-state index contributed by atoms with van der Waals surface area (Å²) in [5.41, 5.74) is 0. The van der Waals surface area contributed by atoms with Gasteiger partial charge in [-0.2, -0.15) is 11.8 Å². The molecule has 1 aliphatic rings. The molecule has 0 bridgehead atoms. The van der Waals surface area contributed by atoms with Crippen molar-refractivity contribution in [2.45, 2.75) is 57.5 Å². The van der Waals surface area contributed by atoms with Crippen molar-refractivity contribution in [1.82, 2.24) is 10.6 Å². The van der Waals surface area contributed by atoms with Gasteiger partial charge in [-0.05, 0) is 57.7 Å². The van der Waals surface area contributed by atoms with Crippen molar-refractivity contribution in [3.05, 3.63) is 0 Å². The first-order chi connectivity index (χ1) is 7.83.